The highest BCUT2D eigenvalue weighted by molar-refractivity contribution is 6.30. The summed E-state index contributed by atoms with van der Waals surface area (Å²) in [6, 6.07) is 3.63. The third-order valence-electron chi connectivity index (χ3n) is 4.28. The highest BCUT2D eigenvalue weighted by Gasteiger charge is 2.29. The van der Waals surface area contributed by atoms with Crippen molar-refractivity contribution in [3.05, 3.63) is 23.4 Å². The number of nitrogens with zero attached hydrogens (tertiary/aromatic N) is 3. The molecule has 2 heterocycles. The largest absolute Gasteiger partial charge is 0.383 e. The zero-order valence-corrected chi connectivity index (χ0v) is 14.7. The Hall–Kier alpha value is -1.21. The Balaban J connectivity index is 1.86. The number of hydrogen-bond donors (Lipinski definition) is 1. The van der Waals surface area contributed by atoms with Gasteiger partial charge in [-0.1, -0.05) is 11.6 Å². The van der Waals surface area contributed by atoms with Crippen molar-refractivity contribution in [1.82, 2.24) is 14.8 Å². The third-order valence-corrected chi connectivity index (χ3v) is 4.51. The van der Waals surface area contributed by atoms with E-state index in [1.165, 1.54) is 6.20 Å². The van der Waals surface area contributed by atoms with E-state index in [2.05, 4.69) is 27.0 Å². The minimum Gasteiger partial charge on any atom is -0.383 e. The first-order chi connectivity index (χ1) is 11.0. The van der Waals surface area contributed by atoms with Crippen molar-refractivity contribution in [2.24, 2.45) is 0 Å². The highest BCUT2D eigenvalue weighted by atomic mass is 35.5. The number of aromatic nitrogens is 1. The highest BCUT2D eigenvalue weighted by Crippen LogP contribution is 2.14. The van der Waals surface area contributed by atoms with E-state index in [0.717, 1.165) is 32.8 Å². The van der Waals surface area contributed by atoms with E-state index in [1.807, 2.05) is 6.92 Å². The summed E-state index contributed by atoms with van der Waals surface area (Å²) < 4.78 is 5.14. The number of carbonyl (C=O) groups excluding carboxylic acids is 1. The molecule has 128 valence electrons. The molecule has 0 bridgehead atoms. The molecule has 0 radical (unpaired) electrons. The lowest BCUT2D eigenvalue weighted by Crippen LogP contribution is -2.57. The quantitative estimate of drug-likeness (QED) is 0.854. The maximum atomic E-state index is 12.4. The second-order valence-corrected chi connectivity index (χ2v) is 6.34. The number of carbonyl (C=O) groups is 1. The standard InChI is InChI=1S/C16H25ClN4O2/c1-12-11-21(7-6-20(12)8-9-23-3)13(2)16(22)19-15-5-4-14(17)10-18-15/h4-5,10,12-13H,6-9,11H2,1-3H3,(H,18,19,22)/t12-,13-/m1/s1. The number of nitrogens with one attached hydrogen (secondary N) is 1. The molecule has 1 aliphatic rings. The van der Waals surface area contributed by atoms with E-state index < -0.39 is 0 Å². The molecule has 2 rings (SSSR count). The van der Waals surface area contributed by atoms with Gasteiger partial charge in [0.25, 0.3) is 0 Å². The first-order valence-corrected chi connectivity index (χ1v) is 8.28. The van der Waals surface area contributed by atoms with Crippen molar-refractivity contribution in [1.29, 1.82) is 0 Å². The first kappa shape index (κ1) is 18.1. The fourth-order valence-electron chi connectivity index (χ4n) is 2.76. The van der Waals surface area contributed by atoms with Crippen LogP contribution in [0.15, 0.2) is 18.3 Å². The first-order valence-electron chi connectivity index (χ1n) is 7.90. The average molecular weight is 341 g/mol. The van der Waals surface area contributed by atoms with Crippen LogP contribution in [0.1, 0.15) is 13.8 Å². The van der Waals surface area contributed by atoms with E-state index in [-0.39, 0.29) is 11.9 Å². The summed E-state index contributed by atoms with van der Waals surface area (Å²) in [7, 11) is 1.72. The summed E-state index contributed by atoms with van der Waals surface area (Å²) in [6.07, 6.45) is 1.53. The van der Waals surface area contributed by atoms with Gasteiger partial charge in [0.05, 0.1) is 17.7 Å². The van der Waals surface area contributed by atoms with E-state index in [1.54, 1.807) is 19.2 Å². The summed E-state index contributed by atoms with van der Waals surface area (Å²) in [5.74, 6) is 0.482. The van der Waals surface area contributed by atoms with Gasteiger partial charge in [0.1, 0.15) is 5.82 Å². The van der Waals surface area contributed by atoms with E-state index in [4.69, 9.17) is 16.3 Å². The Morgan fingerprint density at radius 3 is 2.91 bits per heavy atom. The van der Waals surface area contributed by atoms with Gasteiger partial charge in [0.2, 0.25) is 5.91 Å². The monoisotopic (exact) mass is 340 g/mol. The predicted molar refractivity (Wildman–Crippen MR) is 91.8 cm³/mol. The Labute approximate surface area is 142 Å². The predicted octanol–water partition coefficient (Wildman–Crippen LogP) is 1.71. The lowest BCUT2D eigenvalue weighted by Gasteiger charge is -2.41. The van der Waals surface area contributed by atoms with Crippen molar-refractivity contribution in [3.63, 3.8) is 0 Å². The van der Waals surface area contributed by atoms with Gasteiger partial charge in [-0.15, -0.1) is 0 Å². The molecule has 23 heavy (non-hydrogen) atoms. The Morgan fingerprint density at radius 2 is 2.30 bits per heavy atom. The van der Waals surface area contributed by atoms with Gasteiger partial charge in [0, 0.05) is 45.5 Å². The van der Waals surface area contributed by atoms with Crippen LogP contribution in [0, 0.1) is 0 Å². The summed E-state index contributed by atoms with van der Waals surface area (Å²) in [6.45, 7) is 8.48. The molecule has 1 N–H and O–H groups in total. The molecule has 1 aromatic rings. The molecule has 7 heteroatoms. The number of anilines is 1. The molecule has 2 atom stereocenters. The summed E-state index contributed by atoms with van der Waals surface area (Å²) in [5, 5.41) is 3.40. The van der Waals surface area contributed by atoms with Crippen molar-refractivity contribution in [2.45, 2.75) is 25.9 Å². The van der Waals surface area contributed by atoms with Crippen molar-refractivity contribution in [3.8, 4) is 0 Å². The molecular weight excluding hydrogens is 316 g/mol. The van der Waals surface area contributed by atoms with Crippen LogP contribution in [0.2, 0.25) is 5.02 Å². The van der Waals surface area contributed by atoms with Crippen molar-refractivity contribution in [2.75, 3.05) is 45.2 Å². The maximum Gasteiger partial charge on any atom is 0.242 e. The second-order valence-electron chi connectivity index (χ2n) is 5.90. The molecule has 0 spiro atoms. The van der Waals surface area contributed by atoms with Crippen LogP contribution in [0.4, 0.5) is 5.82 Å². The number of piperazine rings is 1. The number of amides is 1. The number of hydrogen-bond acceptors (Lipinski definition) is 5. The average Bonchev–Trinajstić information content (AvgIpc) is 2.55. The maximum absolute atomic E-state index is 12.4. The van der Waals surface area contributed by atoms with Crippen LogP contribution < -0.4 is 5.32 Å². The smallest absolute Gasteiger partial charge is 0.242 e. The minimum atomic E-state index is -0.195. The molecule has 0 saturated carbocycles. The van der Waals surface area contributed by atoms with Gasteiger partial charge < -0.3 is 10.1 Å². The SMILES string of the molecule is COCCN1CCN([C@H](C)C(=O)Nc2ccc(Cl)cn2)C[C@H]1C. The van der Waals surface area contributed by atoms with Crippen molar-refractivity contribution < 1.29 is 9.53 Å². The number of pyridine rings is 1. The molecule has 0 unspecified atom stereocenters. The van der Waals surface area contributed by atoms with E-state index >= 15 is 0 Å². The molecular formula is C16H25ClN4O2. The third kappa shape index (κ3) is 5.14. The molecule has 1 aromatic heterocycles. The molecule has 1 saturated heterocycles. The van der Waals surface area contributed by atoms with Gasteiger partial charge in [-0.05, 0) is 26.0 Å². The van der Waals surface area contributed by atoms with Gasteiger partial charge in [-0.25, -0.2) is 4.98 Å². The number of rotatable bonds is 6. The van der Waals surface area contributed by atoms with Gasteiger partial charge in [-0.3, -0.25) is 14.6 Å². The molecule has 1 aliphatic heterocycles. The topological polar surface area (TPSA) is 57.7 Å². The zero-order chi connectivity index (χ0) is 16.8. The molecule has 6 nitrogen and oxygen atoms in total. The normalized spacial score (nSPS) is 21.1. The van der Waals surface area contributed by atoms with Crippen LogP contribution in [0.3, 0.4) is 0 Å². The Morgan fingerprint density at radius 1 is 1.52 bits per heavy atom. The fourth-order valence-corrected chi connectivity index (χ4v) is 2.87. The van der Waals surface area contributed by atoms with Gasteiger partial charge in [-0.2, -0.15) is 0 Å². The second kappa shape index (κ2) is 8.59. The van der Waals surface area contributed by atoms with Gasteiger partial charge >= 0.3 is 0 Å². The van der Waals surface area contributed by atoms with Gasteiger partial charge in [0.15, 0.2) is 0 Å². The summed E-state index contributed by atoms with van der Waals surface area (Å²) >= 11 is 5.80. The van der Waals surface area contributed by atoms with Crippen molar-refractivity contribution >= 4 is 23.3 Å². The lowest BCUT2D eigenvalue weighted by atomic mass is 10.1. The fraction of sp³-hybridized carbons (Fsp3) is 0.625. The molecule has 1 amide bonds. The summed E-state index contributed by atoms with van der Waals surface area (Å²) in [5.41, 5.74) is 0. The molecule has 1 fully saturated rings. The lowest BCUT2D eigenvalue weighted by molar-refractivity contribution is -0.121. The van der Waals surface area contributed by atoms with E-state index in [0.29, 0.717) is 16.9 Å². The molecule has 0 aromatic carbocycles. The van der Waals surface area contributed by atoms with Crippen LogP contribution >= 0.6 is 11.6 Å². The van der Waals surface area contributed by atoms with E-state index in [9.17, 15) is 4.79 Å². The van der Waals surface area contributed by atoms with Crippen LogP contribution in [-0.2, 0) is 9.53 Å². The number of ether oxygens (including phenoxy) is 1. The number of methoxy groups -OCH3 is 1. The van der Waals surface area contributed by atoms with Crippen LogP contribution in [-0.4, -0.2) is 72.7 Å². The Kier molecular flexibility index (Phi) is 6.77. The minimum absolute atomic E-state index is 0.0441. The van der Waals surface area contributed by atoms with Crippen LogP contribution in [0.25, 0.3) is 0 Å². The summed E-state index contributed by atoms with van der Waals surface area (Å²) in [4.78, 5) is 21.1. The molecule has 0 aliphatic carbocycles. The van der Waals surface area contributed by atoms with Crippen LogP contribution in [0.5, 0.6) is 0 Å². The zero-order valence-electron chi connectivity index (χ0n) is 14.0. The number of halogens is 1. The Bertz CT molecular complexity index is 511.